The van der Waals surface area contributed by atoms with Crippen molar-refractivity contribution >= 4 is 0 Å². The zero-order valence-corrected chi connectivity index (χ0v) is 7.86. The number of H-pyrrole nitrogens is 3. The van der Waals surface area contributed by atoms with Crippen LogP contribution >= 0.6 is 0 Å². The maximum atomic E-state index is 4.37. The van der Waals surface area contributed by atoms with Crippen LogP contribution in [0.15, 0.2) is 36.7 Å². The van der Waals surface area contributed by atoms with E-state index < -0.39 is 0 Å². The van der Waals surface area contributed by atoms with Gasteiger partial charge in [-0.2, -0.15) is 5.10 Å². The Bertz CT molecular complexity index is 483. The van der Waals surface area contributed by atoms with Crippen LogP contribution in [0.3, 0.4) is 0 Å². The van der Waals surface area contributed by atoms with Gasteiger partial charge in [-0.3, -0.25) is 5.10 Å². The van der Waals surface area contributed by atoms with Gasteiger partial charge in [-0.05, 0) is 24.3 Å². The lowest BCUT2D eigenvalue weighted by molar-refractivity contribution is 1.09. The molecule has 0 saturated carbocycles. The molecule has 0 spiro atoms. The summed E-state index contributed by atoms with van der Waals surface area (Å²) in [4.78, 5) is 10.5. The van der Waals surface area contributed by atoms with E-state index in [0.29, 0.717) is 5.82 Å². The molecule has 5 nitrogen and oxygen atoms in total. The molecule has 3 rings (SSSR count). The molecular formula is C10H9N5. The van der Waals surface area contributed by atoms with Crippen LogP contribution in [0.5, 0.6) is 0 Å². The Balaban J connectivity index is 2.02. The van der Waals surface area contributed by atoms with E-state index >= 15 is 0 Å². The van der Waals surface area contributed by atoms with E-state index in [1.54, 1.807) is 0 Å². The minimum absolute atomic E-state index is 0.671. The fraction of sp³-hybridized carbons (Fsp3) is 0. The molecule has 0 aliphatic heterocycles. The highest BCUT2D eigenvalue weighted by atomic mass is 15.2. The average molecular weight is 199 g/mol. The van der Waals surface area contributed by atoms with Crippen molar-refractivity contribution < 1.29 is 0 Å². The molecule has 0 amide bonds. The van der Waals surface area contributed by atoms with Crippen LogP contribution in [0.25, 0.3) is 23.0 Å². The lowest BCUT2D eigenvalue weighted by atomic mass is 10.4. The van der Waals surface area contributed by atoms with E-state index in [0.717, 1.165) is 17.2 Å². The summed E-state index contributed by atoms with van der Waals surface area (Å²) in [7, 11) is 0. The quantitative estimate of drug-likeness (QED) is 0.588. The van der Waals surface area contributed by atoms with Crippen molar-refractivity contribution in [2.45, 2.75) is 0 Å². The van der Waals surface area contributed by atoms with Crippen molar-refractivity contribution in [2.24, 2.45) is 0 Å². The maximum Gasteiger partial charge on any atom is 0.197 e. The van der Waals surface area contributed by atoms with Crippen LogP contribution in [-0.4, -0.2) is 25.1 Å². The highest BCUT2D eigenvalue weighted by Crippen LogP contribution is 2.16. The lowest BCUT2D eigenvalue weighted by Gasteiger charge is -1.87. The Morgan fingerprint density at radius 2 is 1.67 bits per heavy atom. The van der Waals surface area contributed by atoms with Gasteiger partial charge in [0.05, 0.1) is 11.4 Å². The summed E-state index contributed by atoms with van der Waals surface area (Å²) < 4.78 is 0. The first-order chi connectivity index (χ1) is 7.43. The average Bonchev–Trinajstić information content (AvgIpc) is 3.02. The van der Waals surface area contributed by atoms with Crippen molar-refractivity contribution in [1.82, 2.24) is 25.1 Å². The highest BCUT2D eigenvalue weighted by Gasteiger charge is 2.07. The number of rotatable bonds is 2. The summed E-state index contributed by atoms with van der Waals surface area (Å²) in [6, 6.07) is 7.72. The van der Waals surface area contributed by atoms with Gasteiger partial charge in [0.2, 0.25) is 0 Å². The second-order valence-electron chi connectivity index (χ2n) is 3.18. The Morgan fingerprint density at radius 1 is 0.933 bits per heavy atom. The molecule has 3 aromatic rings. The van der Waals surface area contributed by atoms with Gasteiger partial charge in [0, 0.05) is 12.4 Å². The third-order valence-corrected chi connectivity index (χ3v) is 2.18. The lowest BCUT2D eigenvalue weighted by Crippen LogP contribution is -1.80. The van der Waals surface area contributed by atoms with Gasteiger partial charge in [-0.1, -0.05) is 0 Å². The largest absolute Gasteiger partial charge is 0.359 e. The summed E-state index contributed by atoms with van der Waals surface area (Å²) in [5.74, 6) is 1.41. The second-order valence-corrected chi connectivity index (χ2v) is 3.18. The third kappa shape index (κ3) is 1.34. The van der Waals surface area contributed by atoms with E-state index in [-0.39, 0.29) is 0 Å². The third-order valence-electron chi connectivity index (χ3n) is 2.18. The first-order valence-corrected chi connectivity index (χ1v) is 4.63. The molecule has 0 unspecified atom stereocenters. The van der Waals surface area contributed by atoms with Gasteiger partial charge < -0.3 is 9.97 Å². The highest BCUT2D eigenvalue weighted by molar-refractivity contribution is 5.55. The van der Waals surface area contributed by atoms with Crippen molar-refractivity contribution in [2.75, 3.05) is 0 Å². The first-order valence-electron chi connectivity index (χ1n) is 4.63. The van der Waals surface area contributed by atoms with Gasteiger partial charge in [0.1, 0.15) is 0 Å². The standard InChI is InChI=1S/C10H9N5/c1-3-7(11-5-1)9-13-10(15-14-9)8-4-2-6-12-8/h1-6,11-12H,(H,13,14,15). The number of aromatic amines is 3. The summed E-state index contributed by atoms with van der Waals surface area (Å²) in [5, 5.41) is 7.01. The number of hydrogen-bond donors (Lipinski definition) is 3. The topological polar surface area (TPSA) is 73.2 Å². The smallest absolute Gasteiger partial charge is 0.197 e. The molecule has 0 aromatic carbocycles. The minimum Gasteiger partial charge on any atom is -0.359 e. The van der Waals surface area contributed by atoms with Crippen LogP contribution in [0.1, 0.15) is 0 Å². The van der Waals surface area contributed by atoms with Crippen molar-refractivity contribution in [3.05, 3.63) is 36.7 Å². The van der Waals surface area contributed by atoms with Crippen molar-refractivity contribution in [3.8, 4) is 23.0 Å². The normalized spacial score (nSPS) is 10.7. The molecule has 0 atom stereocenters. The number of nitrogens with one attached hydrogen (secondary N) is 3. The Kier molecular flexibility index (Phi) is 1.68. The predicted molar refractivity (Wildman–Crippen MR) is 56.0 cm³/mol. The molecule has 0 bridgehead atoms. The molecule has 15 heavy (non-hydrogen) atoms. The summed E-state index contributed by atoms with van der Waals surface area (Å²) in [6.07, 6.45) is 3.70. The summed E-state index contributed by atoms with van der Waals surface area (Å²) in [5.41, 5.74) is 1.84. The molecular weight excluding hydrogens is 190 g/mol. The molecule has 3 N–H and O–H groups in total. The molecule has 0 saturated heterocycles. The van der Waals surface area contributed by atoms with E-state index in [9.17, 15) is 0 Å². The van der Waals surface area contributed by atoms with Crippen LogP contribution in [0.2, 0.25) is 0 Å². The Morgan fingerprint density at radius 3 is 2.33 bits per heavy atom. The molecule has 3 heterocycles. The summed E-state index contributed by atoms with van der Waals surface area (Å²) in [6.45, 7) is 0. The monoisotopic (exact) mass is 199 g/mol. The van der Waals surface area contributed by atoms with E-state index in [1.807, 2.05) is 36.7 Å². The molecule has 0 aliphatic rings. The van der Waals surface area contributed by atoms with E-state index in [2.05, 4.69) is 25.1 Å². The second kappa shape index (κ2) is 3.13. The fourth-order valence-corrected chi connectivity index (χ4v) is 1.45. The van der Waals surface area contributed by atoms with E-state index in [1.165, 1.54) is 0 Å². The fourth-order valence-electron chi connectivity index (χ4n) is 1.45. The number of nitrogens with zero attached hydrogens (tertiary/aromatic N) is 2. The molecule has 0 fully saturated rings. The maximum absolute atomic E-state index is 4.37. The van der Waals surface area contributed by atoms with Crippen LogP contribution in [0.4, 0.5) is 0 Å². The van der Waals surface area contributed by atoms with E-state index in [4.69, 9.17) is 0 Å². The molecule has 0 radical (unpaired) electrons. The van der Waals surface area contributed by atoms with Gasteiger partial charge >= 0.3 is 0 Å². The summed E-state index contributed by atoms with van der Waals surface area (Å²) >= 11 is 0. The minimum atomic E-state index is 0.671. The van der Waals surface area contributed by atoms with Gasteiger partial charge in [-0.25, -0.2) is 4.98 Å². The van der Waals surface area contributed by atoms with Gasteiger partial charge in [-0.15, -0.1) is 0 Å². The molecule has 5 heteroatoms. The van der Waals surface area contributed by atoms with Crippen LogP contribution < -0.4 is 0 Å². The van der Waals surface area contributed by atoms with Crippen LogP contribution in [-0.2, 0) is 0 Å². The number of hydrogen-bond acceptors (Lipinski definition) is 2. The SMILES string of the molecule is c1c[nH]c(-c2n[nH]c(-c3ccc[nH]3)n2)c1. The zero-order chi connectivity index (χ0) is 10.1. The van der Waals surface area contributed by atoms with Crippen LogP contribution in [0, 0.1) is 0 Å². The Labute approximate surface area is 85.6 Å². The number of aromatic nitrogens is 5. The molecule has 0 aliphatic carbocycles. The van der Waals surface area contributed by atoms with Gasteiger partial charge in [0.25, 0.3) is 0 Å². The van der Waals surface area contributed by atoms with Crippen molar-refractivity contribution in [3.63, 3.8) is 0 Å². The molecule has 74 valence electrons. The van der Waals surface area contributed by atoms with Crippen molar-refractivity contribution in [1.29, 1.82) is 0 Å². The predicted octanol–water partition coefficient (Wildman–Crippen LogP) is 1.79. The first kappa shape index (κ1) is 8.05. The molecule has 3 aromatic heterocycles. The van der Waals surface area contributed by atoms with Gasteiger partial charge in [0.15, 0.2) is 11.6 Å². The zero-order valence-electron chi connectivity index (χ0n) is 7.86. The Hall–Kier alpha value is -2.30.